The van der Waals surface area contributed by atoms with Gasteiger partial charge < -0.3 is 19.3 Å². The second-order valence-electron chi connectivity index (χ2n) is 6.85. The van der Waals surface area contributed by atoms with Gasteiger partial charge in [-0.2, -0.15) is 0 Å². The third-order valence-electron chi connectivity index (χ3n) is 4.94. The highest BCUT2D eigenvalue weighted by molar-refractivity contribution is 5.96. The van der Waals surface area contributed by atoms with E-state index in [1.54, 1.807) is 19.2 Å². The molecule has 7 nitrogen and oxygen atoms in total. The molecule has 152 valence electrons. The standard InChI is InChI=1S/C22H24N2O5/c1-28-18-10-8-17(9-11-18)14-24-19(12-21(26)29-2)22(27)23(15-20(24)25)13-16-6-4-3-5-7-16/h3-11,19H,12-15H2,1-2H3/t19-/m0/s1. The average molecular weight is 396 g/mol. The van der Waals surface area contributed by atoms with Gasteiger partial charge >= 0.3 is 5.97 Å². The summed E-state index contributed by atoms with van der Waals surface area (Å²) in [6.45, 7) is 0.524. The Kier molecular flexibility index (Phi) is 6.49. The zero-order valence-corrected chi connectivity index (χ0v) is 16.5. The van der Waals surface area contributed by atoms with Crippen molar-refractivity contribution in [3.8, 4) is 5.75 Å². The van der Waals surface area contributed by atoms with Gasteiger partial charge in [0.1, 0.15) is 18.3 Å². The third kappa shape index (κ3) is 4.93. The van der Waals surface area contributed by atoms with Gasteiger partial charge in [-0.25, -0.2) is 0 Å². The second kappa shape index (κ2) is 9.23. The first-order chi connectivity index (χ1) is 14.0. The highest BCUT2D eigenvalue weighted by atomic mass is 16.5. The minimum atomic E-state index is -0.894. The summed E-state index contributed by atoms with van der Waals surface area (Å²) in [7, 11) is 2.85. The molecule has 0 unspecified atom stereocenters. The molecule has 0 saturated carbocycles. The fraction of sp³-hybridized carbons (Fsp3) is 0.318. The Bertz CT molecular complexity index is 867. The van der Waals surface area contributed by atoms with Crippen molar-refractivity contribution in [2.45, 2.75) is 25.6 Å². The molecular weight excluding hydrogens is 372 g/mol. The molecule has 1 atom stereocenters. The van der Waals surface area contributed by atoms with Gasteiger partial charge in [-0.15, -0.1) is 0 Å². The van der Waals surface area contributed by atoms with Gasteiger partial charge in [0, 0.05) is 13.1 Å². The Balaban J connectivity index is 1.81. The Hall–Kier alpha value is -3.35. The quantitative estimate of drug-likeness (QED) is 0.669. The maximum Gasteiger partial charge on any atom is 0.308 e. The fourth-order valence-corrected chi connectivity index (χ4v) is 3.35. The van der Waals surface area contributed by atoms with Crippen molar-refractivity contribution in [1.82, 2.24) is 9.80 Å². The predicted molar refractivity (Wildman–Crippen MR) is 106 cm³/mol. The lowest BCUT2D eigenvalue weighted by Gasteiger charge is -2.40. The van der Waals surface area contributed by atoms with Crippen LogP contribution in [0, 0.1) is 0 Å². The Morgan fingerprint density at radius 3 is 2.24 bits per heavy atom. The van der Waals surface area contributed by atoms with E-state index in [0.29, 0.717) is 12.3 Å². The normalized spacial score (nSPS) is 16.7. The van der Waals surface area contributed by atoms with Crippen LogP contribution in [0.1, 0.15) is 17.5 Å². The number of methoxy groups -OCH3 is 2. The van der Waals surface area contributed by atoms with E-state index in [9.17, 15) is 14.4 Å². The molecule has 1 saturated heterocycles. The van der Waals surface area contributed by atoms with Gasteiger partial charge in [-0.1, -0.05) is 42.5 Å². The molecule has 2 amide bonds. The van der Waals surface area contributed by atoms with E-state index in [-0.39, 0.29) is 31.3 Å². The van der Waals surface area contributed by atoms with E-state index in [4.69, 9.17) is 9.47 Å². The minimum Gasteiger partial charge on any atom is -0.497 e. The molecule has 0 aromatic heterocycles. The van der Waals surface area contributed by atoms with E-state index < -0.39 is 12.0 Å². The van der Waals surface area contributed by atoms with Crippen molar-refractivity contribution >= 4 is 17.8 Å². The van der Waals surface area contributed by atoms with E-state index in [1.165, 1.54) is 16.9 Å². The first-order valence-corrected chi connectivity index (χ1v) is 9.33. The van der Waals surface area contributed by atoms with Crippen LogP contribution in [-0.4, -0.2) is 54.4 Å². The molecule has 1 heterocycles. The maximum atomic E-state index is 13.1. The monoisotopic (exact) mass is 396 g/mol. The zero-order chi connectivity index (χ0) is 20.8. The summed E-state index contributed by atoms with van der Waals surface area (Å²) < 4.78 is 9.91. The molecule has 0 spiro atoms. The summed E-state index contributed by atoms with van der Waals surface area (Å²) in [5, 5.41) is 0. The summed E-state index contributed by atoms with van der Waals surface area (Å²) in [6, 6.07) is 15.8. The molecule has 2 aromatic rings. The summed E-state index contributed by atoms with van der Waals surface area (Å²) >= 11 is 0. The average Bonchev–Trinajstić information content (AvgIpc) is 2.75. The largest absolute Gasteiger partial charge is 0.497 e. The minimum absolute atomic E-state index is 0.0262. The van der Waals surface area contributed by atoms with Crippen LogP contribution in [0.2, 0.25) is 0 Å². The highest BCUT2D eigenvalue weighted by Gasteiger charge is 2.40. The van der Waals surface area contributed by atoms with Crippen molar-refractivity contribution in [1.29, 1.82) is 0 Å². The van der Waals surface area contributed by atoms with Crippen LogP contribution in [0.4, 0.5) is 0 Å². The van der Waals surface area contributed by atoms with E-state index in [0.717, 1.165) is 11.1 Å². The van der Waals surface area contributed by atoms with Crippen LogP contribution >= 0.6 is 0 Å². The second-order valence-corrected chi connectivity index (χ2v) is 6.85. The molecule has 0 radical (unpaired) electrons. The highest BCUT2D eigenvalue weighted by Crippen LogP contribution is 2.22. The number of benzene rings is 2. The van der Waals surface area contributed by atoms with Crippen LogP contribution < -0.4 is 4.74 Å². The number of rotatable bonds is 7. The van der Waals surface area contributed by atoms with E-state index in [1.807, 2.05) is 42.5 Å². The van der Waals surface area contributed by atoms with Gasteiger partial charge in [-0.05, 0) is 23.3 Å². The molecule has 0 bridgehead atoms. The van der Waals surface area contributed by atoms with Crippen molar-refractivity contribution in [3.05, 3.63) is 65.7 Å². The number of esters is 1. The number of carbonyl (C=O) groups is 3. The molecule has 0 N–H and O–H groups in total. The van der Waals surface area contributed by atoms with Crippen LogP contribution in [0.3, 0.4) is 0 Å². The van der Waals surface area contributed by atoms with Gasteiger partial charge in [0.15, 0.2) is 0 Å². The summed E-state index contributed by atoms with van der Waals surface area (Å²) in [5.74, 6) is -0.287. The number of hydrogen-bond acceptors (Lipinski definition) is 5. The number of carbonyl (C=O) groups excluding carboxylic acids is 3. The number of ether oxygens (including phenoxy) is 2. The van der Waals surface area contributed by atoms with Gasteiger partial charge in [0.25, 0.3) is 0 Å². The molecule has 29 heavy (non-hydrogen) atoms. The van der Waals surface area contributed by atoms with Crippen molar-refractivity contribution in [2.75, 3.05) is 20.8 Å². The molecule has 7 heteroatoms. The van der Waals surface area contributed by atoms with Crippen LogP contribution in [0.5, 0.6) is 5.75 Å². The molecule has 0 aliphatic carbocycles. The molecule has 2 aromatic carbocycles. The smallest absolute Gasteiger partial charge is 0.308 e. The Labute approximate surface area is 169 Å². The summed E-state index contributed by atoms with van der Waals surface area (Å²) in [5.41, 5.74) is 1.77. The van der Waals surface area contributed by atoms with Gasteiger partial charge in [-0.3, -0.25) is 14.4 Å². The fourth-order valence-electron chi connectivity index (χ4n) is 3.35. The van der Waals surface area contributed by atoms with Crippen molar-refractivity contribution in [2.24, 2.45) is 0 Å². The number of amides is 2. The predicted octanol–water partition coefficient (Wildman–Crippen LogP) is 2.00. The lowest BCUT2D eigenvalue weighted by atomic mass is 10.0. The Morgan fingerprint density at radius 2 is 1.62 bits per heavy atom. The van der Waals surface area contributed by atoms with E-state index in [2.05, 4.69) is 0 Å². The number of hydrogen-bond donors (Lipinski definition) is 0. The first kappa shape index (κ1) is 20.4. The van der Waals surface area contributed by atoms with Crippen LogP contribution in [-0.2, 0) is 32.2 Å². The number of piperazine rings is 1. The summed E-state index contributed by atoms with van der Waals surface area (Å²) in [6.07, 6.45) is -0.178. The van der Waals surface area contributed by atoms with Crippen LogP contribution in [0.15, 0.2) is 54.6 Å². The molecular formula is C22H24N2O5. The van der Waals surface area contributed by atoms with E-state index >= 15 is 0 Å². The molecule has 1 aliphatic heterocycles. The Morgan fingerprint density at radius 1 is 0.966 bits per heavy atom. The molecule has 1 fully saturated rings. The molecule has 3 rings (SSSR count). The topological polar surface area (TPSA) is 76.2 Å². The first-order valence-electron chi connectivity index (χ1n) is 9.33. The lowest BCUT2D eigenvalue weighted by molar-refractivity contribution is -0.160. The third-order valence-corrected chi connectivity index (χ3v) is 4.94. The SMILES string of the molecule is COC(=O)C[C@H]1C(=O)N(Cc2ccccc2)CC(=O)N1Cc1ccc(OC)cc1. The van der Waals surface area contributed by atoms with Gasteiger partial charge in [0.05, 0.1) is 20.6 Å². The number of nitrogens with zero attached hydrogens (tertiary/aromatic N) is 2. The van der Waals surface area contributed by atoms with Crippen molar-refractivity contribution < 1.29 is 23.9 Å². The lowest BCUT2D eigenvalue weighted by Crippen LogP contribution is -2.59. The maximum absolute atomic E-state index is 13.1. The summed E-state index contributed by atoms with van der Waals surface area (Å²) in [4.78, 5) is 40.9. The van der Waals surface area contributed by atoms with Crippen molar-refractivity contribution in [3.63, 3.8) is 0 Å². The van der Waals surface area contributed by atoms with Crippen LogP contribution in [0.25, 0.3) is 0 Å². The van der Waals surface area contributed by atoms with Gasteiger partial charge in [0.2, 0.25) is 11.8 Å². The zero-order valence-electron chi connectivity index (χ0n) is 16.5. The molecule has 1 aliphatic rings.